The molecular formula is C30H30ClF2N5O5. The number of carbonyl (C=O) groups excluding carboxylic acids is 3. The number of hydrogen-bond donors (Lipinski definition) is 3. The van der Waals surface area contributed by atoms with Gasteiger partial charge in [0.25, 0.3) is 0 Å². The van der Waals surface area contributed by atoms with E-state index < -0.39 is 18.7 Å². The van der Waals surface area contributed by atoms with Crippen molar-refractivity contribution in [3.8, 4) is 17.0 Å². The number of aromatic nitrogens is 2. The minimum Gasteiger partial charge on any atom is -0.453 e. The summed E-state index contributed by atoms with van der Waals surface area (Å²) in [4.78, 5) is 47.8. The number of imidazole rings is 1. The maximum absolute atomic E-state index is 13.6. The molecule has 0 saturated carbocycles. The van der Waals surface area contributed by atoms with Gasteiger partial charge in [-0.15, -0.1) is 0 Å². The lowest BCUT2D eigenvalue weighted by Crippen LogP contribution is -2.41. The third kappa shape index (κ3) is 7.14. The quantitative estimate of drug-likeness (QED) is 0.277. The fourth-order valence-corrected chi connectivity index (χ4v) is 5.59. The highest BCUT2D eigenvalue weighted by molar-refractivity contribution is 6.30. The van der Waals surface area contributed by atoms with Crippen LogP contribution in [0.2, 0.25) is 5.02 Å². The minimum atomic E-state index is -3.00. The normalized spacial score (nSPS) is 19.8. The highest BCUT2D eigenvalue weighted by atomic mass is 35.5. The Morgan fingerprint density at radius 1 is 1.19 bits per heavy atom. The van der Waals surface area contributed by atoms with E-state index >= 15 is 0 Å². The zero-order valence-electron chi connectivity index (χ0n) is 23.2. The standard InChI is InChI=1S/C30H30ClF2N5O5/c1-42-30(41)35-19-8-9-20-22(15-19)36-26(39)6-4-2-3-5-24(28-34-16-23(20)37-28)38-12-11-17(13-27(38)40)21-14-18(31)7-10-25(21)43-29(32)33/h2-3,7-10,14-17,24,29H,4-6,11-13H2,1H3,(H,34,37)(H,35,41)(H,36,39)/b3-2+/t17-,24?/m0/s1. The molecule has 3 N–H and O–H groups in total. The molecule has 2 aromatic carbocycles. The van der Waals surface area contributed by atoms with Crippen LogP contribution in [0.25, 0.3) is 11.3 Å². The molecular weight excluding hydrogens is 584 g/mol. The summed E-state index contributed by atoms with van der Waals surface area (Å²) in [5.74, 6) is -0.135. The first-order valence-corrected chi connectivity index (χ1v) is 14.1. The molecule has 2 bridgehead atoms. The van der Waals surface area contributed by atoms with Crippen molar-refractivity contribution in [2.45, 2.75) is 50.7 Å². The highest BCUT2D eigenvalue weighted by Gasteiger charge is 2.34. The predicted octanol–water partition coefficient (Wildman–Crippen LogP) is 6.64. The summed E-state index contributed by atoms with van der Waals surface area (Å²) in [6.07, 6.45) is 6.64. The molecule has 1 aromatic heterocycles. The number of piperidine rings is 1. The maximum atomic E-state index is 13.6. The van der Waals surface area contributed by atoms with Crippen molar-refractivity contribution in [3.05, 3.63) is 71.2 Å². The Bertz CT molecular complexity index is 1540. The van der Waals surface area contributed by atoms with Gasteiger partial charge in [-0.1, -0.05) is 23.8 Å². The molecule has 5 rings (SSSR count). The summed E-state index contributed by atoms with van der Waals surface area (Å²) in [6.45, 7) is -2.64. The predicted molar refractivity (Wildman–Crippen MR) is 156 cm³/mol. The van der Waals surface area contributed by atoms with Crippen molar-refractivity contribution in [2.75, 3.05) is 24.3 Å². The van der Waals surface area contributed by atoms with Crippen molar-refractivity contribution in [1.29, 1.82) is 0 Å². The van der Waals surface area contributed by atoms with Gasteiger partial charge in [0.05, 0.1) is 24.5 Å². The molecule has 0 spiro atoms. The first kappa shape index (κ1) is 30.0. The van der Waals surface area contributed by atoms with E-state index in [9.17, 15) is 23.2 Å². The third-order valence-corrected chi connectivity index (χ3v) is 7.68. The lowest BCUT2D eigenvalue weighted by molar-refractivity contribution is -0.136. The molecule has 0 aliphatic carbocycles. The van der Waals surface area contributed by atoms with Crippen molar-refractivity contribution >= 4 is 40.9 Å². The number of amides is 3. The summed E-state index contributed by atoms with van der Waals surface area (Å²) in [5.41, 5.74) is 2.52. The number of carbonyl (C=O) groups is 3. The van der Waals surface area contributed by atoms with Gasteiger partial charge in [-0.2, -0.15) is 8.78 Å². The molecule has 1 fully saturated rings. The lowest BCUT2D eigenvalue weighted by atomic mass is 9.87. The number of alkyl halides is 2. The topological polar surface area (TPSA) is 126 Å². The molecule has 13 heteroatoms. The Morgan fingerprint density at radius 2 is 2.02 bits per heavy atom. The number of rotatable bonds is 5. The summed E-state index contributed by atoms with van der Waals surface area (Å²) in [5, 5.41) is 5.86. The number of anilines is 2. The number of likely N-dealkylation sites (tertiary alicyclic amines) is 1. The number of fused-ring (bicyclic) bond motifs is 4. The number of ether oxygens (including phenoxy) is 2. The van der Waals surface area contributed by atoms with E-state index in [0.717, 1.165) is 0 Å². The summed E-state index contributed by atoms with van der Waals surface area (Å²) < 4.78 is 35.5. The summed E-state index contributed by atoms with van der Waals surface area (Å²) in [6, 6.07) is 9.05. The Hall–Kier alpha value is -4.45. The molecule has 3 aromatic rings. The van der Waals surface area contributed by atoms with Crippen molar-refractivity contribution in [1.82, 2.24) is 14.9 Å². The Morgan fingerprint density at radius 3 is 2.79 bits per heavy atom. The molecule has 10 nitrogen and oxygen atoms in total. The fourth-order valence-electron chi connectivity index (χ4n) is 5.41. The summed E-state index contributed by atoms with van der Waals surface area (Å²) in [7, 11) is 1.26. The van der Waals surface area contributed by atoms with E-state index in [2.05, 4.69) is 20.4 Å². The molecule has 2 aliphatic rings. The van der Waals surface area contributed by atoms with E-state index in [0.29, 0.717) is 64.8 Å². The second kappa shape index (κ2) is 13.2. The molecule has 1 unspecified atom stereocenters. The molecule has 2 aliphatic heterocycles. The number of H-pyrrole nitrogens is 1. The lowest BCUT2D eigenvalue weighted by Gasteiger charge is -2.37. The third-order valence-electron chi connectivity index (χ3n) is 7.44. The molecule has 226 valence electrons. The van der Waals surface area contributed by atoms with Gasteiger partial charge in [0.2, 0.25) is 11.8 Å². The van der Waals surface area contributed by atoms with Crippen molar-refractivity contribution in [2.24, 2.45) is 0 Å². The van der Waals surface area contributed by atoms with Gasteiger partial charge in [-0.05, 0) is 67.1 Å². The maximum Gasteiger partial charge on any atom is 0.411 e. The number of nitrogens with zero attached hydrogens (tertiary/aromatic N) is 2. The van der Waals surface area contributed by atoms with Crippen LogP contribution in [0.5, 0.6) is 5.75 Å². The average molecular weight is 614 g/mol. The molecule has 1 saturated heterocycles. The van der Waals surface area contributed by atoms with Crippen LogP contribution in [0, 0.1) is 0 Å². The smallest absolute Gasteiger partial charge is 0.411 e. The average Bonchev–Trinajstić information content (AvgIpc) is 3.45. The number of hydrogen-bond acceptors (Lipinski definition) is 6. The van der Waals surface area contributed by atoms with E-state index in [-0.39, 0.29) is 36.3 Å². The van der Waals surface area contributed by atoms with Crippen LogP contribution in [0.4, 0.5) is 25.0 Å². The largest absolute Gasteiger partial charge is 0.453 e. The van der Waals surface area contributed by atoms with Crippen molar-refractivity contribution < 1.29 is 32.6 Å². The van der Waals surface area contributed by atoms with Gasteiger partial charge in [-0.3, -0.25) is 14.9 Å². The zero-order chi connectivity index (χ0) is 30.5. The van der Waals surface area contributed by atoms with Gasteiger partial charge in [0.1, 0.15) is 11.6 Å². The van der Waals surface area contributed by atoms with Crippen LogP contribution in [0.3, 0.4) is 0 Å². The van der Waals surface area contributed by atoms with Gasteiger partial charge < -0.3 is 24.7 Å². The summed E-state index contributed by atoms with van der Waals surface area (Å²) >= 11 is 6.16. The number of nitrogens with one attached hydrogen (secondary N) is 3. The number of aromatic amines is 1. The Labute approximate surface area is 251 Å². The SMILES string of the molecule is COC(=O)Nc1ccc2c(c1)NC(=O)CC/C=C/CC(N1CC[C@H](c3cc(Cl)ccc3OC(F)F)CC1=O)c1nc-2c[nH]1. The molecule has 0 radical (unpaired) electrons. The minimum absolute atomic E-state index is 0.0121. The van der Waals surface area contributed by atoms with Crippen LogP contribution >= 0.6 is 11.6 Å². The fraction of sp³-hybridized carbons (Fsp3) is 0.333. The zero-order valence-corrected chi connectivity index (χ0v) is 24.0. The molecule has 3 amide bonds. The van der Waals surface area contributed by atoms with Crippen LogP contribution < -0.4 is 15.4 Å². The number of benzene rings is 2. The second-order valence-electron chi connectivity index (χ2n) is 10.2. The molecule has 3 heterocycles. The van der Waals surface area contributed by atoms with E-state index in [1.807, 2.05) is 12.2 Å². The van der Waals surface area contributed by atoms with Gasteiger partial charge in [0, 0.05) is 41.9 Å². The van der Waals surface area contributed by atoms with E-state index in [1.165, 1.54) is 19.2 Å². The van der Waals surface area contributed by atoms with E-state index in [1.54, 1.807) is 35.4 Å². The first-order chi connectivity index (χ1) is 20.7. The number of halogens is 3. The highest BCUT2D eigenvalue weighted by Crippen LogP contribution is 2.40. The molecule has 43 heavy (non-hydrogen) atoms. The van der Waals surface area contributed by atoms with Crippen molar-refractivity contribution in [3.63, 3.8) is 0 Å². The Kier molecular flexibility index (Phi) is 9.24. The number of allylic oxidation sites excluding steroid dienone is 1. The van der Waals surface area contributed by atoms with Gasteiger partial charge in [-0.25, -0.2) is 9.78 Å². The monoisotopic (exact) mass is 613 g/mol. The van der Waals surface area contributed by atoms with Gasteiger partial charge >= 0.3 is 12.7 Å². The van der Waals surface area contributed by atoms with E-state index in [4.69, 9.17) is 21.3 Å². The van der Waals surface area contributed by atoms with Crippen LogP contribution in [-0.2, 0) is 14.3 Å². The second-order valence-corrected chi connectivity index (χ2v) is 10.6. The van der Waals surface area contributed by atoms with Crippen LogP contribution in [-0.4, -0.2) is 53.0 Å². The van der Waals surface area contributed by atoms with Gasteiger partial charge in [0.15, 0.2) is 0 Å². The number of methoxy groups -OCH3 is 1. The van der Waals surface area contributed by atoms with Crippen LogP contribution in [0.1, 0.15) is 55.5 Å². The van der Waals surface area contributed by atoms with Crippen LogP contribution in [0.15, 0.2) is 54.7 Å². The Balaban J connectivity index is 1.42. The molecule has 2 atom stereocenters. The first-order valence-electron chi connectivity index (χ1n) is 13.7.